The van der Waals surface area contributed by atoms with Crippen molar-refractivity contribution in [2.24, 2.45) is 5.73 Å². The number of primary amides is 1. The summed E-state index contributed by atoms with van der Waals surface area (Å²) in [7, 11) is 0. The van der Waals surface area contributed by atoms with Crippen LogP contribution in [0.3, 0.4) is 0 Å². The van der Waals surface area contributed by atoms with Gasteiger partial charge in [0, 0.05) is 12.1 Å². The number of carbonyl (C=O) groups is 2. The molecular formula is C17H17FN2O4. The molecule has 0 unspecified atom stereocenters. The summed E-state index contributed by atoms with van der Waals surface area (Å²) in [6.45, 7) is 0.543. The van der Waals surface area contributed by atoms with Gasteiger partial charge in [-0.2, -0.15) is 0 Å². The third kappa shape index (κ3) is 5.60. The summed E-state index contributed by atoms with van der Waals surface area (Å²) < 4.78 is 23.2. The van der Waals surface area contributed by atoms with Gasteiger partial charge in [0.15, 0.2) is 0 Å². The first-order valence-corrected chi connectivity index (χ1v) is 7.26. The van der Waals surface area contributed by atoms with Crippen molar-refractivity contribution in [3.8, 4) is 5.75 Å². The van der Waals surface area contributed by atoms with E-state index < -0.39 is 12.0 Å². The summed E-state index contributed by atoms with van der Waals surface area (Å²) in [5, 5.41) is 2.40. The minimum absolute atomic E-state index is 0.196. The zero-order chi connectivity index (χ0) is 17.4. The number of hydrogen-bond acceptors (Lipinski definition) is 4. The molecule has 6 nitrogen and oxygen atoms in total. The second-order valence-corrected chi connectivity index (χ2v) is 4.86. The molecule has 0 radical (unpaired) electrons. The van der Waals surface area contributed by atoms with E-state index in [9.17, 15) is 14.0 Å². The highest BCUT2D eigenvalue weighted by atomic mass is 19.1. The topological polar surface area (TPSA) is 90.7 Å². The van der Waals surface area contributed by atoms with E-state index in [1.165, 1.54) is 36.4 Å². The van der Waals surface area contributed by atoms with E-state index in [1.807, 2.05) is 0 Å². The molecule has 2 rings (SSSR count). The minimum atomic E-state index is -0.675. The molecule has 0 spiro atoms. The first-order chi connectivity index (χ1) is 11.5. The second-order valence-electron chi connectivity index (χ2n) is 4.86. The first kappa shape index (κ1) is 17.3. The number of rotatable bonds is 7. The zero-order valence-electron chi connectivity index (χ0n) is 12.8. The maximum absolute atomic E-state index is 12.7. The van der Waals surface area contributed by atoms with Gasteiger partial charge in [-0.1, -0.05) is 0 Å². The fourth-order valence-corrected chi connectivity index (χ4v) is 1.86. The van der Waals surface area contributed by atoms with E-state index in [0.29, 0.717) is 30.0 Å². The normalized spacial score (nSPS) is 10.0. The number of urea groups is 1. The molecule has 7 heteroatoms. The van der Waals surface area contributed by atoms with Crippen molar-refractivity contribution in [1.29, 1.82) is 0 Å². The van der Waals surface area contributed by atoms with Gasteiger partial charge in [0.1, 0.15) is 11.6 Å². The van der Waals surface area contributed by atoms with Crippen LogP contribution >= 0.6 is 0 Å². The smallest absolute Gasteiger partial charge is 0.338 e. The number of esters is 1. The molecule has 0 aliphatic carbocycles. The Hall–Kier alpha value is -3.09. The summed E-state index contributed by atoms with van der Waals surface area (Å²) in [5.74, 6) is -0.240. The van der Waals surface area contributed by atoms with Crippen molar-refractivity contribution in [2.45, 2.75) is 6.42 Å². The Balaban J connectivity index is 1.69. The van der Waals surface area contributed by atoms with Crippen molar-refractivity contribution in [1.82, 2.24) is 0 Å². The molecule has 2 aromatic carbocycles. The lowest BCUT2D eigenvalue weighted by atomic mass is 10.2. The number of ether oxygens (including phenoxy) is 2. The van der Waals surface area contributed by atoms with E-state index in [4.69, 9.17) is 15.2 Å². The third-order valence-electron chi connectivity index (χ3n) is 2.99. The summed E-state index contributed by atoms with van der Waals surface area (Å²) >= 11 is 0. The highest BCUT2D eigenvalue weighted by molar-refractivity contribution is 5.91. The number of anilines is 1. The van der Waals surface area contributed by atoms with Crippen molar-refractivity contribution < 1.29 is 23.5 Å². The number of amides is 2. The molecular weight excluding hydrogens is 315 g/mol. The average Bonchev–Trinajstić information content (AvgIpc) is 2.56. The van der Waals surface area contributed by atoms with Gasteiger partial charge in [0.2, 0.25) is 0 Å². The molecule has 0 heterocycles. The van der Waals surface area contributed by atoms with Gasteiger partial charge < -0.3 is 20.5 Å². The van der Waals surface area contributed by atoms with Crippen molar-refractivity contribution >= 4 is 17.7 Å². The average molecular weight is 332 g/mol. The zero-order valence-corrected chi connectivity index (χ0v) is 12.8. The molecule has 0 bridgehead atoms. The van der Waals surface area contributed by atoms with Crippen LogP contribution in [0.4, 0.5) is 14.9 Å². The Morgan fingerprint density at radius 2 is 1.67 bits per heavy atom. The number of nitrogens with one attached hydrogen (secondary N) is 1. The molecule has 0 aromatic heterocycles. The van der Waals surface area contributed by atoms with E-state index in [1.54, 1.807) is 12.1 Å². The quantitative estimate of drug-likeness (QED) is 0.602. The lowest BCUT2D eigenvalue weighted by Gasteiger charge is -2.08. The lowest BCUT2D eigenvalue weighted by molar-refractivity contribution is 0.0486. The van der Waals surface area contributed by atoms with Crippen molar-refractivity contribution in [2.75, 3.05) is 18.5 Å². The highest BCUT2D eigenvalue weighted by Gasteiger charge is 2.07. The number of hydrogen-bond donors (Lipinski definition) is 2. The Labute approximate surface area is 138 Å². The van der Waals surface area contributed by atoms with Crippen LogP contribution in [0.1, 0.15) is 16.8 Å². The largest absolute Gasteiger partial charge is 0.493 e. The van der Waals surface area contributed by atoms with Crippen LogP contribution in [0, 0.1) is 5.82 Å². The molecule has 0 saturated heterocycles. The molecule has 24 heavy (non-hydrogen) atoms. The summed E-state index contributed by atoms with van der Waals surface area (Å²) in [6.07, 6.45) is 0.504. The Kier molecular flexibility index (Phi) is 6.13. The van der Waals surface area contributed by atoms with Crippen LogP contribution in [0.5, 0.6) is 5.75 Å². The predicted molar refractivity (Wildman–Crippen MR) is 86.4 cm³/mol. The fraction of sp³-hybridized carbons (Fsp3) is 0.176. The maximum Gasteiger partial charge on any atom is 0.338 e. The molecule has 0 aliphatic rings. The summed E-state index contributed by atoms with van der Waals surface area (Å²) in [6, 6.07) is 11.2. The number of nitrogens with two attached hydrogens (primary N) is 1. The Morgan fingerprint density at radius 1 is 1.00 bits per heavy atom. The van der Waals surface area contributed by atoms with E-state index in [-0.39, 0.29) is 12.4 Å². The number of benzene rings is 2. The molecule has 0 atom stereocenters. The lowest BCUT2D eigenvalue weighted by Crippen LogP contribution is -2.19. The third-order valence-corrected chi connectivity index (χ3v) is 2.99. The van der Waals surface area contributed by atoms with Gasteiger partial charge >= 0.3 is 12.0 Å². The van der Waals surface area contributed by atoms with Crippen LogP contribution in [0.25, 0.3) is 0 Å². The molecule has 0 fully saturated rings. The molecule has 126 valence electrons. The fourth-order valence-electron chi connectivity index (χ4n) is 1.86. The summed E-state index contributed by atoms with van der Waals surface area (Å²) in [4.78, 5) is 22.5. The van der Waals surface area contributed by atoms with Crippen LogP contribution in [0.15, 0.2) is 48.5 Å². The van der Waals surface area contributed by atoms with E-state index >= 15 is 0 Å². The standard InChI is InChI=1S/C17H17FN2O4/c18-13-4-8-15(9-5-13)23-10-1-11-24-16(21)12-2-6-14(7-3-12)20-17(19)22/h2-9H,1,10-11H2,(H3,19,20,22). The molecule has 2 amide bonds. The van der Waals surface area contributed by atoms with Gasteiger partial charge in [-0.3, -0.25) is 0 Å². The van der Waals surface area contributed by atoms with E-state index in [0.717, 1.165) is 0 Å². The minimum Gasteiger partial charge on any atom is -0.493 e. The predicted octanol–water partition coefficient (Wildman–Crippen LogP) is 2.94. The van der Waals surface area contributed by atoms with Crippen LogP contribution < -0.4 is 15.8 Å². The summed E-state index contributed by atoms with van der Waals surface area (Å²) in [5.41, 5.74) is 5.85. The van der Waals surface area contributed by atoms with Gasteiger partial charge in [0.05, 0.1) is 18.8 Å². The van der Waals surface area contributed by atoms with Gasteiger partial charge in [-0.05, 0) is 48.5 Å². The Bertz CT molecular complexity index is 687. The van der Waals surface area contributed by atoms with E-state index in [2.05, 4.69) is 5.32 Å². The Morgan fingerprint density at radius 3 is 2.29 bits per heavy atom. The SMILES string of the molecule is NC(=O)Nc1ccc(C(=O)OCCCOc2ccc(F)cc2)cc1. The molecule has 2 aromatic rings. The molecule has 0 saturated carbocycles. The molecule has 3 N–H and O–H groups in total. The highest BCUT2D eigenvalue weighted by Crippen LogP contribution is 2.12. The van der Waals surface area contributed by atoms with Crippen molar-refractivity contribution in [3.05, 3.63) is 59.9 Å². The van der Waals surface area contributed by atoms with Gasteiger partial charge in [-0.25, -0.2) is 14.0 Å². The second kappa shape index (κ2) is 8.52. The van der Waals surface area contributed by atoms with Crippen LogP contribution in [-0.2, 0) is 4.74 Å². The molecule has 0 aliphatic heterocycles. The maximum atomic E-state index is 12.7. The van der Waals surface area contributed by atoms with Crippen molar-refractivity contribution in [3.63, 3.8) is 0 Å². The van der Waals surface area contributed by atoms with Gasteiger partial charge in [0.25, 0.3) is 0 Å². The van der Waals surface area contributed by atoms with Crippen LogP contribution in [0.2, 0.25) is 0 Å². The number of carbonyl (C=O) groups excluding carboxylic acids is 2. The first-order valence-electron chi connectivity index (χ1n) is 7.26. The number of halogens is 1. The monoisotopic (exact) mass is 332 g/mol. The van der Waals surface area contributed by atoms with Crippen LogP contribution in [-0.4, -0.2) is 25.2 Å². The van der Waals surface area contributed by atoms with Gasteiger partial charge in [-0.15, -0.1) is 0 Å².